The molecule has 1 aliphatic heterocycles. The summed E-state index contributed by atoms with van der Waals surface area (Å²) in [5.74, 6) is 0.141. The second-order valence-electron chi connectivity index (χ2n) is 4.85. The molecule has 16 heavy (non-hydrogen) atoms. The molecule has 0 spiro atoms. The second-order valence-corrected chi connectivity index (χ2v) is 4.85. The first-order chi connectivity index (χ1) is 7.78. The van der Waals surface area contributed by atoms with Crippen LogP contribution in [0.5, 0.6) is 0 Å². The number of hydrogen-bond acceptors (Lipinski definition) is 3. The molecular weight excluding hydrogens is 204 g/mol. The van der Waals surface area contributed by atoms with Crippen molar-refractivity contribution in [2.75, 3.05) is 13.2 Å². The fourth-order valence-electron chi connectivity index (χ4n) is 2.09. The van der Waals surface area contributed by atoms with E-state index in [-0.39, 0.29) is 5.91 Å². The monoisotopic (exact) mass is 226 g/mol. The van der Waals surface area contributed by atoms with Gasteiger partial charge in [-0.2, -0.15) is 0 Å². The summed E-state index contributed by atoms with van der Waals surface area (Å²) >= 11 is 0. The molecular formula is C12H22N2O2. The Morgan fingerprint density at radius 3 is 2.81 bits per heavy atom. The highest BCUT2D eigenvalue weighted by Gasteiger charge is 2.24. The van der Waals surface area contributed by atoms with Crippen molar-refractivity contribution in [1.82, 2.24) is 10.6 Å². The van der Waals surface area contributed by atoms with E-state index < -0.39 is 0 Å². The van der Waals surface area contributed by atoms with Crippen LogP contribution < -0.4 is 10.6 Å². The summed E-state index contributed by atoms with van der Waals surface area (Å²) in [4.78, 5) is 11.5. The molecule has 2 rings (SSSR count). The van der Waals surface area contributed by atoms with E-state index in [1.807, 2.05) is 0 Å². The zero-order valence-electron chi connectivity index (χ0n) is 10.00. The third-order valence-electron chi connectivity index (χ3n) is 3.32. The van der Waals surface area contributed by atoms with E-state index in [1.165, 1.54) is 0 Å². The maximum Gasteiger partial charge on any atom is 0.234 e. The Hall–Kier alpha value is -0.610. The van der Waals surface area contributed by atoms with Crippen molar-refractivity contribution < 1.29 is 9.53 Å². The largest absolute Gasteiger partial charge is 0.378 e. The molecule has 0 aromatic heterocycles. The normalized spacial score (nSPS) is 30.1. The number of carbonyl (C=O) groups is 1. The van der Waals surface area contributed by atoms with E-state index in [9.17, 15) is 4.79 Å². The molecule has 4 heteroatoms. The number of carbonyl (C=O) groups excluding carboxylic acids is 1. The Bertz CT molecular complexity index is 241. The highest BCUT2D eigenvalue weighted by atomic mass is 16.5. The lowest BCUT2D eigenvalue weighted by atomic mass is 10.0. The Morgan fingerprint density at radius 1 is 1.31 bits per heavy atom. The smallest absolute Gasteiger partial charge is 0.234 e. The lowest BCUT2D eigenvalue weighted by Crippen LogP contribution is -2.44. The predicted molar refractivity (Wildman–Crippen MR) is 62.2 cm³/mol. The summed E-state index contributed by atoms with van der Waals surface area (Å²) in [6.07, 6.45) is 5.80. The Morgan fingerprint density at radius 2 is 2.12 bits per heavy atom. The van der Waals surface area contributed by atoms with E-state index in [2.05, 4.69) is 17.6 Å². The SMILES string of the molecule is CCC1CC(NCC(=O)NC2CC2)CCO1. The maximum atomic E-state index is 11.5. The van der Waals surface area contributed by atoms with Crippen LogP contribution in [0.25, 0.3) is 0 Å². The molecule has 0 aromatic rings. The van der Waals surface area contributed by atoms with Gasteiger partial charge in [0.1, 0.15) is 0 Å². The number of ether oxygens (including phenoxy) is 1. The minimum atomic E-state index is 0.141. The van der Waals surface area contributed by atoms with E-state index in [4.69, 9.17) is 4.74 Å². The van der Waals surface area contributed by atoms with Crippen molar-refractivity contribution in [2.45, 2.75) is 57.2 Å². The molecule has 4 nitrogen and oxygen atoms in total. The fourth-order valence-corrected chi connectivity index (χ4v) is 2.09. The Kier molecular flexibility index (Phi) is 4.18. The summed E-state index contributed by atoms with van der Waals surface area (Å²) in [6.45, 7) is 3.42. The first-order valence-electron chi connectivity index (χ1n) is 6.42. The molecule has 92 valence electrons. The topological polar surface area (TPSA) is 50.4 Å². The van der Waals surface area contributed by atoms with Crippen LogP contribution in [-0.4, -0.2) is 37.2 Å². The van der Waals surface area contributed by atoms with Crippen LogP contribution in [0.1, 0.15) is 39.0 Å². The molecule has 0 bridgehead atoms. The van der Waals surface area contributed by atoms with Gasteiger partial charge >= 0.3 is 0 Å². The van der Waals surface area contributed by atoms with E-state index >= 15 is 0 Å². The number of amides is 1. The van der Waals surface area contributed by atoms with Crippen molar-refractivity contribution in [2.24, 2.45) is 0 Å². The van der Waals surface area contributed by atoms with E-state index in [0.29, 0.717) is 24.7 Å². The lowest BCUT2D eigenvalue weighted by molar-refractivity contribution is -0.120. The molecule has 0 aromatic carbocycles. The van der Waals surface area contributed by atoms with Gasteiger partial charge in [-0.05, 0) is 32.1 Å². The third kappa shape index (κ3) is 3.76. The number of hydrogen-bond donors (Lipinski definition) is 2. The van der Waals surface area contributed by atoms with Gasteiger partial charge in [0.05, 0.1) is 12.6 Å². The van der Waals surface area contributed by atoms with Crippen LogP contribution >= 0.6 is 0 Å². The molecule has 1 amide bonds. The van der Waals surface area contributed by atoms with Gasteiger partial charge < -0.3 is 15.4 Å². The highest BCUT2D eigenvalue weighted by Crippen LogP contribution is 2.18. The second kappa shape index (κ2) is 5.64. The summed E-state index contributed by atoms with van der Waals surface area (Å²) in [5, 5.41) is 6.31. The Balaban J connectivity index is 1.62. The van der Waals surface area contributed by atoms with Crippen LogP contribution in [0.4, 0.5) is 0 Å². The van der Waals surface area contributed by atoms with Crippen LogP contribution in [-0.2, 0) is 9.53 Å². The van der Waals surface area contributed by atoms with Crippen molar-refractivity contribution in [3.63, 3.8) is 0 Å². The van der Waals surface area contributed by atoms with Crippen molar-refractivity contribution in [3.05, 3.63) is 0 Å². The quantitative estimate of drug-likeness (QED) is 0.729. The molecule has 2 N–H and O–H groups in total. The highest BCUT2D eigenvalue weighted by molar-refractivity contribution is 5.78. The van der Waals surface area contributed by atoms with Gasteiger partial charge in [-0.15, -0.1) is 0 Å². The maximum absolute atomic E-state index is 11.5. The molecule has 0 radical (unpaired) electrons. The van der Waals surface area contributed by atoms with Gasteiger partial charge in [0.15, 0.2) is 0 Å². The lowest BCUT2D eigenvalue weighted by Gasteiger charge is -2.29. The molecule has 1 saturated heterocycles. The summed E-state index contributed by atoms with van der Waals surface area (Å²) < 4.78 is 5.60. The van der Waals surface area contributed by atoms with Gasteiger partial charge in [-0.3, -0.25) is 4.79 Å². The zero-order valence-corrected chi connectivity index (χ0v) is 10.00. The predicted octanol–water partition coefficient (Wildman–Crippen LogP) is 0.812. The van der Waals surface area contributed by atoms with E-state index in [1.54, 1.807) is 0 Å². The Labute approximate surface area is 97.1 Å². The number of rotatable bonds is 5. The van der Waals surface area contributed by atoms with Gasteiger partial charge in [-0.1, -0.05) is 6.92 Å². The van der Waals surface area contributed by atoms with Gasteiger partial charge in [-0.25, -0.2) is 0 Å². The van der Waals surface area contributed by atoms with Crippen LogP contribution in [0.2, 0.25) is 0 Å². The van der Waals surface area contributed by atoms with Crippen LogP contribution in [0, 0.1) is 0 Å². The van der Waals surface area contributed by atoms with Crippen LogP contribution in [0.15, 0.2) is 0 Å². The number of nitrogens with one attached hydrogen (secondary N) is 2. The standard InChI is InChI=1S/C12H22N2O2/c1-2-11-7-10(5-6-16-11)13-8-12(15)14-9-3-4-9/h9-11,13H,2-8H2,1H3,(H,14,15). The van der Waals surface area contributed by atoms with Crippen molar-refractivity contribution in [1.29, 1.82) is 0 Å². The summed E-state index contributed by atoms with van der Waals surface area (Å²) in [6, 6.07) is 0.913. The molecule has 2 aliphatic rings. The fraction of sp³-hybridized carbons (Fsp3) is 0.917. The first kappa shape index (κ1) is 11.9. The minimum Gasteiger partial charge on any atom is -0.378 e. The molecule has 1 heterocycles. The zero-order chi connectivity index (χ0) is 11.4. The first-order valence-corrected chi connectivity index (χ1v) is 6.42. The van der Waals surface area contributed by atoms with E-state index in [0.717, 1.165) is 38.7 Å². The third-order valence-corrected chi connectivity index (χ3v) is 3.32. The van der Waals surface area contributed by atoms with Gasteiger partial charge in [0, 0.05) is 18.7 Å². The van der Waals surface area contributed by atoms with Crippen molar-refractivity contribution in [3.8, 4) is 0 Å². The molecule has 2 atom stereocenters. The van der Waals surface area contributed by atoms with Crippen molar-refractivity contribution >= 4 is 5.91 Å². The van der Waals surface area contributed by atoms with Crippen LogP contribution in [0.3, 0.4) is 0 Å². The summed E-state index contributed by atoms with van der Waals surface area (Å²) in [5.41, 5.74) is 0. The van der Waals surface area contributed by atoms with Gasteiger partial charge in [0.25, 0.3) is 0 Å². The molecule has 2 unspecified atom stereocenters. The molecule has 2 fully saturated rings. The molecule has 1 aliphatic carbocycles. The average Bonchev–Trinajstić information content (AvgIpc) is 3.10. The van der Waals surface area contributed by atoms with Gasteiger partial charge in [0.2, 0.25) is 5.91 Å². The minimum absolute atomic E-state index is 0.141. The molecule has 1 saturated carbocycles. The average molecular weight is 226 g/mol. The summed E-state index contributed by atoms with van der Waals surface area (Å²) in [7, 11) is 0.